The summed E-state index contributed by atoms with van der Waals surface area (Å²) in [5.41, 5.74) is 7.30. The van der Waals surface area contributed by atoms with Crippen LogP contribution in [-0.4, -0.2) is 45.1 Å². The Morgan fingerprint density at radius 2 is 1.26 bits per heavy atom. The van der Waals surface area contributed by atoms with Gasteiger partial charge in [0, 0.05) is 6.54 Å². The molecule has 4 aromatic rings. The first-order valence-electron chi connectivity index (χ1n) is 12.9. The Labute approximate surface area is 233 Å². The molecule has 0 bridgehead atoms. The van der Waals surface area contributed by atoms with E-state index in [1.807, 2.05) is 6.92 Å². The number of allylic oxidation sites excluding steroid dienone is 1. The van der Waals surface area contributed by atoms with Gasteiger partial charge in [0.2, 0.25) is 0 Å². The molecule has 0 aliphatic carbocycles. The second-order valence-electron chi connectivity index (χ2n) is 9.38. The van der Waals surface area contributed by atoms with Gasteiger partial charge in [-0.25, -0.2) is 8.42 Å². The van der Waals surface area contributed by atoms with Gasteiger partial charge in [-0.15, -0.1) is 0 Å². The van der Waals surface area contributed by atoms with Crippen LogP contribution in [0.15, 0.2) is 114 Å². The molecule has 0 N–H and O–H groups in total. The Bertz CT molecular complexity index is 1430. The summed E-state index contributed by atoms with van der Waals surface area (Å²) in [6.07, 6.45) is 0.968. The van der Waals surface area contributed by atoms with E-state index in [0.29, 0.717) is 6.61 Å². The van der Waals surface area contributed by atoms with Gasteiger partial charge < -0.3 is 14.2 Å². The minimum atomic E-state index is -4.27. The fourth-order valence-electron chi connectivity index (χ4n) is 4.05. The van der Waals surface area contributed by atoms with Crippen molar-refractivity contribution in [3.8, 4) is 5.75 Å². The average Bonchev–Trinajstić information content (AvgIpc) is 2.93. The molecule has 0 heterocycles. The number of ether oxygens (including phenoxy) is 1. The Kier molecular flexibility index (Phi) is 11.1. The molecule has 0 aliphatic heterocycles. The molecule has 0 unspecified atom stereocenters. The van der Waals surface area contributed by atoms with E-state index >= 15 is 0 Å². The fraction of sp³-hybridized carbons (Fsp3) is 0.212. The van der Waals surface area contributed by atoms with Gasteiger partial charge in [0.25, 0.3) is 0 Å². The molecule has 0 saturated carbocycles. The lowest BCUT2D eigenvalue weighted by atomic mass is 9.88. The van der Waals surface area contributed by atoms with Gasteiger partial charge in [0.05, 0.1) is 4.90 Å². The van der Waals surface area contributed by atoms with Crippen LogP contribution < -0.4 is 4.74 Å². The van der Waals surface area contributed by atoms with Crippen LogP contribution in [0.2, 0.25) is 0 Å². The van der Waals surface area contributed by atoms with Crippen molar-refractivity contribution in [3.05, 3.63) is 131 Å². The maximum atomic E-state index is 10.4. The van der Waals surface area contributed by atoms with Crippen molar-refractivity contribution in [3.63, 3.8) is 0 Å². The summed E-state index contributed by atoms with van der Waals surface area (Å²) in [4.78, 5) is 1.95. The van der Waals surface area contributed by atoms with Gasteiger partial charge in [-0.05, 0) is 79.5 Å². The van der Waals surface area contributed by atoms with Crippen molar-refractivity contribution < 1.29 is 17.7 Å². The van der Waals surface area contributed by atoms with Crippen LogP contribution in [0.1, 0.15) is 35.6 Å². The van der Waals surface area contributed by atoms with Crippen LogP contribution in [0.5, 0.6) is 5.75 Å². The molecule has 6 heteroatoms. The lowest BCUT2D eigenvalue weighted by Gasteiger charge is -2.17. The number of aryl methyl sites for hydroxylation is 1. The normalized spacial score (nSPS) is 11.8. The largest absolute Gasteiger partial charge is 0.744 e. The number of rotatable bonds is 9. The fourth-order valence-corrected chi connectivity index (χ4v) is 4.52. The minimum Gasteiger partial charge on any atom is -0.744 e. The predicted molar refractivity (Wildman–Crippen MR) is 159 cm³/mol. The van der Waals surface area contributed by atoms with Crippen molar-refractivity contribution in [2.45, 2.75) is 25.2 Å². The maximum Gasteiger partial charge on any atom is 0.124 e. The molecule has 0 amide bonds. The first-order chi connectivity index (χ1) is 18.7. The Morgan fingerprint density at radius 1 is 0.744 bits per heavy atom. The summed E-state index contributed by atoms with van der Waals surface area (Å²) < 4.78 is 37.0. The number of hydrogen-bond donors (Lipinski definition) is 0. The first-order valence-corrected chi connectivity index (χ1v) is 14.3. The molecule has 5 nitrogen and oxygen atoms in total. The summed E-state index contributed by atoms with van der Waals surface area (Å²) in [6.45, 7) is 5.65. The van der Waals surface area contributed by atoms with E-state index in [4.69, 9.17) is 4.74 Å². The zero-order valence-corrected chi connectivity index (χ0v) is 23.8. The molecule has 0 radical (unpaired) electrons. The highest BCUT2D eigenvalue weighted by Crippen LogP contribution is 2.34. The number of benzene rings is 4. The lowest BCUT2D eigenvalue weighted by Crippen LogP contribution is -2.19. The molecule has 0 atom stereocenters. The number of hydrogen-bond acceptors (Lipinski definition) is 5. The second-order valence-corrected chi connectivity index (χ2v) is 10.8. The van der Waals surface area contributed by atoms with Gasteiger partial charge in [-0.3, -0.25) is 0 Å². The third-order valence-corrected chi connectivity index (χ3v) is 6.95. The van der Waals surface area contributed by atoms with Crippen molar-refractivity contribution in [2.24, 2.45) is 0 Å². The van der Waals surface area contributed by atoms with Gasteiger partial charge in [0.1, 0.15) is 22.5 Å². The summed E-state index contributed by atoms with van der Waals surface area (Å²) >= 11 is 0. The van der Waals surface area contributed by atoms with E-state index in [1.54, 1.807) is 12.1 Å². The molecule has 0 aliphatic rings. The third-order valence-electron chi connectivity index (χ3n) is 6.10. The summed E-state index contributed by atoms with van der Waals surface area (Å²) in [5.74, 6) is 0.913. The molecular weight excluding hydrogens is 506 g/mol. The minimum absolute atomic E-state index is 0.178. The van der Waals surface area contributed by atoms with Crippen molar-refractivity contribution >= 4 is 21.3 Å². The zero-order chi connectivity index (χ0) is 28.3. The molecule has 0 saturated heterocycles. The van der Waals surface area contributed by atoms with Gasteiger partial charge in [0.15, 0.2) is 0 Å². The van der Waals surface area contributed by atoms with E-state index < -0.39 is 10.1 Å². The van der Waals surface area contributed by atoms with Gasteiger partial charge in [-0.2, -0.15) is 0 Å². The first kappa shape index (κ1) is 29.8. The van der Waals surface area contributed by atoms with E-state index in [-0.39, 0.29) is 4.90 Å². The Balaban J connectivity index is 0.000000320. The van der Waals surface area contributed by atoms with Crippen molar-refractivity contribution in [2.75, 3.05) is 27.2 Å². The quantitative estimate of drug-likeness (QED) is 0.170. The smallest absolute Gasteiger partial charge is 0.124 e. The standard InChI is InChI=1S/C26H29NO.C7H8O3S/c1-4-25(21-11-7-5-8-12-21)26(22-13-9-6-10-14-22)23-15-17-24(18-16-23)28-20-19-27(2)3;1-6-2-4-7(5-3-6)11(8,9)10/h5-18H,4,19-20H2,1-3H3;2-5H,1H3,(H,8,9,10)/p-1/b26-25-;. The van der Waals surface area contributed by atoms with Gasteiger partial charge in [-0.1, -0.05) is 97.4 Å². The highest BCUT2D eigenvalue weighted by molar-refractivity contribution is 7.85. The molecule has 204 valence electrons. The highest BCUT2D eigenvalue weighted by Gasteiger charge is 2.13. The van der Waals surface area contributed by atoms with Crippen LogP contribution >= 0.6 is 0 Å². The molecule has 0 spiro atoms. The van der Waals surface area contributed by atoms with Gasteiger partial charge >= 0.3 is 0 Å². The van der Waals surface area contributed by atoms with E-state index in [2.05, 4.69) is 111 Å². The maximum absolute atomic E-state index is 10.4. The van der Waals surface area contributed by atoms with Crippen LogP contribution in [0, 0.1) is 6.92 Å². The SMILES string of the molecule is CC/C(=C(\c1ccccc1)c1ccc(OCCN(C)C)cc1)c1ccccc1.Cc1ccc(S(=O)(=O)[O-])cc1. The second kappa shape index (κ2) is 14.4. The summed E-state index contributed by atoms with van der Waals surface area (Å²) in [6, 6.07) is 35.6. The van der Waals surface area contributed by atoms with E-state index in [1.165, 1.54) is 40.0 Å². The Morgan fingerprint density at radius 3 is 1.74 bits per heavy atom. The molecular formula is C33H36NO4S-. The third kappa shape index (κ3) is 9.21. The number of likely N-dealkylation sites (N-methyl/N-ethyl adjacent to an activating group) is 1. The van der Waals surface area contributed by atoms with Crippen molar-refractivity contribution in [1.29, 1.82) is 0 Å². The molecule has 4 rings (SSSR count). The van der Waals surface area contributed by atoms with Crippen LogP contribution in [0.3, 0.4) is 0 Å². The topological polar surface area (TPSA) is 69.7 Å². The monoisotopic (exact) mass is 542 g/mol. The summed E-state index contributed by atoms with van der Waals surface area (Å²) in [5, 5.41) is 0. The van der Waals surface area contributed by atoms with Crippen LogP contribution in [-0.2, 0) is 10.1 Å². The molecule has 39 heavy (non-hydrogen) atoms. The number of nitrogens with zero attached hydrogens (tertiary/aromatic N) is 1. The average molecular weight is 543 g/mol. The predicted octanol–water partition coefficient (Wildman–Crippen LogP) is 6.90. The van der Waals surface area contributed by atoms with Crippen molar-refractivity contribution in [1.82, 2.24) is 4.90 Å². The molecule has 4 aromatic carbocycles. The van der Waals surface area contributed by atoms with E-state index in [0.717, 1.165) is 24.3 Å². The Hall–Kier alpha value is -3.71. The summed E-state index contributed by atoms with van der Waals surface area (Å²) in [7, 11) is -0.160. The van der Waals surface area contributed by atoms with Crippen LogP contribution in [0.25, 0.3) is 11.1 Å². The zero-order valence-electron chi connectivity index (χ0n) is 23.0. The lowest BCUT2D eigenvalue weighted by molar-refractivity contribution is 0.261. The highest BCUT2D eigenvalue weighted by atomic mass is 32.2. The van der Waals surface area contributed by atoms with E-state index in [9.17, 15) is 13.0 Å². The molecule has 0 fully saturated rings. The molecule has 0 aromatic heterocycles. The van der Waals surface area contributed by atoms with Crippen LogP contribution in [0.4, 0.5) is 0 Å².